The van der Waals surface area contributed by atoms with Crippen molar-refractivity contribution >= 4 is 66.0 Å². The summed E-state index contributed by atoms with van der Waals surface area (Å²) in [5, 5.41) is 7.40. The molecule has 0 bridgehead atoms. The zero-order chi connectivity index (χ0) is 30.8. The van der Waals surface area contributed by atoms with Crippen molar-refractivity contribution in [3.8, 4) is 43.4 Å². The summed E-state index contributed by atoms with van der Waals surface area (Å²) < 4.78 is 2.48. The monoisotopic (exact) mass is 626 g/mol. The lowest BCUT2D eigenvalue weighted by Crippen LogP contribution is -2.31. The fourth-order valence-electron chi connectivity index (χ4n) is 6.85. The Morgan fingerprint density at radius 1 is 0.478 bits per heavy atom. The van der Waals surface area contributed by atoms with E-state index in [1.165, 1.54) is 64.0 Å². The van der Waals surface area contributed by atoms with Crippen LogP contribution >= 0.6 is 22.7 Å². The zero-order valence-electron chi connectivity index (χ0n) is 25.7. The Labute approximate surface area is 275 Å². The van der Waals surface area contributed by atoms with Gasteiger partial charge in [-0.05, 0) is 106 Å². The van der Waals surface area contributed by atoms with E-state index in [1.54, 1.807) is 22.7 Å². The van der Waals surface area contributed by atoms with Crippen LogP contribution in [-0.4, -0.2) is 9.97 Å². The fourth-order valence-corrected chi connectivity index (χ4v) is 8.99. The molecule has 0 aliphatic heterocycles. The molecule has 1 aliphatic carbocycles. The molecule has 0 spiro atoms. The van der Waals surface area contributed by atoms with Gasteiger partial charge in [0.15, 0.2) is 0 Å². The first kappa shape index (κ1) is 27.4. The van der Waals surface area contributed by atoms with Gasteiger partial charge in [-0.2, -0.15) is 0 Å². The highest BCUT2D eigenvalue weighted by Crippen LogP contribution is 2.36. The number of hydrogen-bond acceptors (Lipinski definition) is 4. The van der Waals surface area contributed by atoms with Gasteiger partial charge in [0.1, 0.15) is 10.0 Å². The van der Waals surface area contributed by atoms with Crippen LogP contribution in [0.15, 0.2) is 109 Å². The molecule has 220 valence electrons. The van der Waals surface area contributed by atoms with E-state index in [4.69, 9.17) is 9.97 Å². The number of nitrogens with zero attached hydrogens (tertiary/aromatic N) is 2. The SMILES string of the molecule is Cc1ccc2nc(-c3ccc(-c4c5c(c(-c6ccc(-c7nc8ccc(C)cc8s7)cc6)c6ccccc46)=CCCC=5)cc3)sc2c1. The van der Waals surface area contributed by atoms with Gasteiger partial charge in [-0.1, -0.05) is 97.1 Å². The van der Waals surface area contributed by atoms with Gasteiger partial charge in [-0.25, -0.2) is 9.97 Å². The summed E-state index contributed by atoms with van der Waals surface area (Å²) in [6, 6.07) is 40.0. The third-order valence-electron chi connectivity index (χ3n) is 9.09. The second-order valence-corrected chi connectivity index (χ2v) is 14.3. The standard InChI is InChI=1S/C42H30N2S2/c1-25-11-21-35-37(23-25)45-41(43-35)29-17-13-27(14-18-29)39-31-7-3-5-9-33(31)40(34-10-6-4-8-32(34)39)28-15-19-30(20-16-28)42-44-36-22-12-26(2)24-38(36)46-42/h3,5,7-24H,4,6H2,1-2H3. The molecule has 6 aromatic carbocycles. The Balaban J connectivity index is 1.16. The number of rotatable bonds is 4. The first-order valence-corrected chi connectivity index (χ1v) is 17.4. The first-order chi connectivity index (χ1) is 22.6. The molecule has 46 heavy (non-hydrogen) atoms. The fraction of sp³-hybridized carbons (Fsp3) is 0.0952. The molecule has 4 heteroatoms. The minimum absolute atomic E-state index is 1.05. The number of fused-ring (bicyclic) bond motifs is 4. The van der Waals surface area contributed by atoms with Crippen molar-refractivity contribution in [1.29, 1.82) is 0 Å². The molecular weight excluding hydrogens is 597 g/mol. The Morgan fingerprint density at radius 2 is 0.891 bits per heavy atom. The zero-order valence-corrected chi connectivity index (χ0v) is 27.3. The number of thiazole rings is 2. The lowest BCUT2D eigenvalue weighted by molar-refractivity contribution is 1.12. The predicted octanol–water partition coefficient (Wildman–Crippen LogP) is 10.7. The molecule has 0 N–H and O–H groups in total. The quantitative estimate of drug-likeness (QED) is 0.194. The molecule has 0 amide bonds. The van der Waals surface area contributed by atoms with Gasteiger partial charge in [0, 0.05) is 11.1 Å². The summed E-state index contributed by atoms with van der Waals surface area (Å²) in [6.07, 6.45) is 7.00. The minimum Gasteiger partial charge on any atom is -0.236 e. The summed E-state index contributed by atoms with van der Waals surface area (Å²) >= 11 is 3.53. The highest BCUT2D eigenvalue weighted by atomic mass is 32.1. The second-order valence-electron chi connectivity index (χ2n) is 12.2. The maximum absolute atomic E-state index is 4.94. The van der Waals surface area contributed by atoms with E-state index < -0.39 is 0 Å². The van der Waals surface area contributed by atoms with Crippen molar-refractivity contribution in [2.45, 2.75) is 26.7 Å². The number of benzene rings is 6. The molecule has 2 aromatic heterocycles. The molecule has 2 heterocycles. The normalized spacial score (nSPS) is 12.7. The third-order valence-corrected chi connectivity index (χ3v) is 11.2. The summed E-state index contributed by atoms with van der Waals surface area (Å²) in [5.41, 5.74) is 12.1. The average Bonchev–Trinajstić information content (AvgIpc) is 3.71. The minimum atomic E-state index is 1.05. The van der Waals surface area contributed by atoms with Crippen molar-refractivity contribution in [1.82, 2.24) is 9.97 Å². The number of hydrogen-bond donors (Lipinski definition) is 0. The highest BCUT2D eigenvalue weighted by Gasteiger charge is 2.17. The molecule has 0 radical (unpaired) electrons. The van der Waals surface area contributed by atoms with E-state index in [0.29, 0.717) is 0 Å². The lowest BCUT2D eigenvalue weighted by Gasteiger charge is -2.18. The van der Waals surface area contributed by atoms with Crippen LogP contribution in [-0.2, 0) is 0 Å². The maximum Gasteiger partial charge on any atom is 0.124 e. The van der Waals surface area contributed by atoms with Gasteiger partial charge in [-0.3, -0.25) is 0 Å². The molecule has 0 fully saturated rings. The molecule has 0 saturated heterocycles. The van der Waals surface area contributed by atoms with E-state index in [-0.39, 0.29) is 0 Å². The highest BCUT2D eigenvalue weighted by molar-refractivity contribution is 7.22. The van der Waals surface area contributed by atoms with Gasteiger partial charge in [0.25, 0.3) is 0 Å². The van der Waals surface area contributed by atoms with Gasteiger partial charge >= 0.3 is 0 Å². The summed E-state index contributed by atoms with van der Waals surface area (Å²) in [4.78, 5) is 9.87. The van der Waals surface area contributed by atoms with Gasteiger partial charge < -0.3 is 0 Å². The van der Waals surface area contributed by atoms with Crippen LogP contribution in [0.4, 0.5) is 0 Å². The van der Waals surface area contributed by atoms with Crippen LogP contribution in [0.25, 0.3) is 86.8 Å². The third kappa shape index (κ3) is 4.60. The molecule has 0 unspecified atom stereocenters. The number of aryl methyl sites for hydroxylation is 2. The van der Waals surface area contributed by atoms with Crippen LogP contribution in [0.5, 0.6) is 0 Å². The van der Waals surface area contributed by atoms with Crippen molar-refractivity contribution in [2.24, 2.45) is 0 Å². The van der Waals surface area contributed by atoms with Gasteiger partial charge in [-0.15, -0.1) is 22.7 Å². The Bertz CT molecular complexity index is 2410. The van der Waals surface area contributed by atoms with Crippen LogP contribution in [0.2, 0.25) is 0 Å². The van der Waals surface area contributed by atoms with Gasteiger partial charge in [0.05, 0.1) is 20.4 Å². The largest absolute Gasteiger partial charge is 0.236 e. The van der Waals surface area contributed by atoms with E-state index in [9.17, 15) is 0 Å². The van der Waals surface area contributed by atoms with Crippen LogP contribution < -0.4 is 10.4 Å². The first-order valence-electron chi connectivity index (χ1n) is 15.8. The molecule has 0 atom stereocenters. The van der Waals surface area contributed by atoms with Crippen molar-refractivity contribution < 1.29 is 0 Å². The smallest absolute Gasteiger partial charge is 0.124 e. The Kier molecular flexibility index (Phi) is 6.48. The van der Waals surface area contributed by atoms with E-state index in [0.717, 1.165) is 45.0 Å². The van der Waals surface area contributed by atoms with Crippen LogP contribution in [0, 0.1) is 13.8 Å². The van der Waals surface area contributed by atoms with Crippen molar-refractivity contribution in [2.75, 3.05) is 0 Å². The van der Waals surface area contributed by atoms with E-state index in [2.05, 4.69) is 135 Å². The summed E-state index contributed by atoms with van der Waals surface area (Å²) in [6.45, 7) is 4.27. The molecular formula is C42H30N2S2. The second kappa shape index (κ2) is 10.9. The van der Waals surface area contributed by atoms with Crippen molar-refractivity contribution in [3.05, 3.63) is 131 Å². The Hall–Kier alpha value is -4.90. The average molecular weight is 627 g/mol. The maximum atomic E-state index is 4.94. The van der Waals surface area contributed by atoms with E-state index >= 15 is 0 Å². The predicted molar refractivity (Wildman–Crippen MR) is 199 cm³/mol. The van der Waals surface area contributed by atoms with Crippen LogP contribution in [0.1, 0.15) is 24.0 Å². The molecule has 8 aromatic rings. The van der Waals surface area contributed by atoms with Crippen LogP contribution in [0.3, 0.4) is 0 Å². The van der Waals surface area contributed by atoms with Gasteiger partial charge in [0.2, 0.25) is 0 Å². The molecule has 0 saturated carbocycles. The lowest BCUT2D eigenvalue weighted by atomic mass is 9.86. The summed E-state index contributed by atoms with van der Waals surface area (Å²) in [5.74, 6) is 0. The van der Waals surface area contributed by atoms with Crippen molar-refractivity contribution in [3.63, 3.8) is 0 Å². The van der Waals surface area contributed by atoms with E-state index in [1.807, 2.05) is 0 Å². The molecule has 9 rings (SSSR count). The summed E-state index contributed by atoms with van der Waals surface area (Å²) in [7, 11) is 0. The molecule has 2 nitrogen and oxygen atoms in total. The molecule has 1 aliphatic rings. The Morgan fingerprint density at radius 3 is 1.33 bits per heavy atom. The topological polar surface area (TPSA) is 25.8 Å². The number of aromatic nitrogens is 2.